The predicted octanol–water partition coefficient (Wildman–Crippen LogP) is 5.96. The molecule has 4 heteroatoms. The SMILES string of the molecule is N#C/C(=C\c1cccc(OCc2ccccc2)c1)C(=O)Nc1ccc2ccccc2c1. The van der Waals surface area contributed by atoms with Gasteiger partial charge in [-0.25, -0.2) is 0 Å². The van der Waals surface area contributed by atoms with Gasteiger partial charge in [-0.05, 0) is 52.2 Å². The van der Waals surface area contributed by atoms with Crippen molar-refractivity contribution >= 4 is 28.4 Å². The molecule has 0 aliphatic heterocycles. The van der Waals surface area contributed by atoms with E-state index in [2.05, 4.69) is 5.32 Å². The highest BCUT2D eigenvalue weighted by Gasteiger charge is 2.10. The minimum atomic E-state index is -0.451. The van der Waals surface area contributed by atoms with Crippen LogP contribution in [0.15, 0.2) is 103 Å². The van der Waals surface area contributed by atoms with Gasteiger partial charge < -0.3 is 10.1 Å². The van der Waals surface area contributed by atoms with Crippen LogP contribution in [0.3, 0.4) is 0 Å². The van der Waals surface area contributed by atoms with Gasteiger partial charge in [0.25, 0.3) is 5.91 Å². The first-order valence-electron chi connectivity index (χ1n) is 9.90. The molecule has 0 aliphatic rings. The summed E-state index contributed by atoms with van der Waals surface area (Å²) in [6.45, 7) is 0.446. The molecule has 0 spiro atoms. The number of anilines is 1. The highest BCUT2D eigenvalue weighted by atomic mass is 16.5. The number of hydrogen-bond acceptors (Lipinski definition) is 3. The van der Waals surface area contributed by atoms with Crippen molar-refractivity contribution in [1.82, 2.24) is 0 Å². The van der Waals surface area contributed by atoms with E-state index in [4.69, 9.17) is 4.74 Å². The Bertz CT molecular complexity index is 1290. The van der Waals surface area contributed by atoms with Crippen molar-refractivity contribution in [3.8, 4) is 11.8 Å². The van der Waals surface area contributed by atoms with E-state index >= 15 is 0 Å². The van der Waals surface area contributed by atoms with E-state index in [0.29, 0.717) is 18.0 Å². The van der Waals surface area contributed by atoms with Crippen molar-refractivity contribution in [2.24, 2.45) is 0 Å². The number of carbonyl (C=O) groups is 1. The quantitative estimate of drug-likeness (QED) is 0.318. The summed E-state index contributed by atoms with van der Waals surface area (Å²) in [6, 6.07) is 32.7. The third kappa shape index (κ3) is 5.17. The van der Waals surface area contributed by atoms with E-state index in [1.54, 1.807) is 6.08 Å². The molecule has 0 aliphatic carbocycles. The van der Waals surface area contributed by atoms with Crippen LogP contribution < -0.4 is 10.1 Å². The zero-order valence-electron chi connectivity index (χ0n) is 16.8. The lowest BCUT2D eigenvalue weighted by Crippen LogP contribution is -2.13. The minimum absolute atomic E-state index is 0.0216. The van der Waals surface area contributed by atoms with Crippen molar-refractivity contribution in [2.45, 2.75) is 6.61 Å². The first kappa shape index (κ1) is 19.9. The van der Waals surface area contributed by atoms with E-state index in [0.717, 1.165) is 21.9 Å². The largest absolute Gasteiger partial charge is 0.489 e. The summed E-state index contributed by atoms with van der Waals surface area (Å²) in [6.07, 6.45) is 1.56. The number of fused-ring (bicyclic) bond motifs is 1. The van der Waals surface area contributed by atoms with Crippen LogP contribution in [0.1, 0.15) is 11.1 Å². The Balaban J connectivity index is 1.48. The van der Waals surface area contributed by atoms with E-state index in [1.165, 1.54) is 0 Å². The summed E-state index contributed by atoms with van der Waals surface area (Å²) in [5, 5.41) is 14.4. The number of amides is 1. The Morgan fingerprint density at radius 3 is 2.45 bits per heavy atom. The third-order valence-corrected chi connectivity index (χ3v) is 4.79. The normalized spacial score (nSPS) is 11.0. The fourth-order valence-corrected chi connectivity index (χ4v) is 3.22. The maximum Gasteiger partial charge on any atom is 0.266 e. The molecule has 4 aromatic carbocycles. The fourth-order valence-electron chi connectivity index (χ4n) is 3.22. The number of nitriles is 1. The number of carbonyl (C=O) groups excluding carboxylic acids is 1. The van der Waals surface area contributed by atoms with Gasteiger partial charge in [-0.1, -0.05) is 72.8 Å². The van der Waals surface area contributed by atoms with E-state index in [9.17, 15) is 10.1 Å². The molecule has 0 atom stereocenters. The van der Waals surface area contributed by atoms with Gasteiger partial charge >= 0.3 is 0 Å². The fraction of sp³-hybridized carbons (Fsp3) is 0.0370. The van der Waals surface area contributed by atoms with E-state index in [1.807, 2.05) is 103 Å². The van der Waals surface area contributed by atoms with Gasteiger partial charge in [0.15, 0.2) is 0 Å². The molecule has 31 heavy (non-hydrogen) atoms. The van der Waals surface area contributed by atoms with Crippen LogP contribution in [0.4, 0.5) is 5.69 Å². The van der Waals surface area contributed by atoms with Crippen molar-refractivity contribution in [2.75, 3.05) is 5.32 Å². The maximum absolute atomic E-state index is 12.6. The standard InChI is InChI=1S/C27H20N2O2/c28-18-24(27(30)29-25-14-13-22-10-4-5-11-23(22)17-25)15-21-9-6-12-26(16-21)31-19-20-7-2-1-3-8-20/h1-17H,19H2,(H,29,30)/b24-15+. The Hall–Kier alpha value is -4.36. The number of benzene rings is 4. The summed E-state index contributed by atoms with van der Waals surface area (Å²) >= 11 is 0. The molecule has 1 N–H and O–H groups in total. The third-order valence-electron chi connectivity index (χ3n) is 4.79. The molecule has 0 radical (unpaired) electrons. The molecule has 4 aromatic rings. The average molecular weight is 404 g/mol. The number of rotatable bonds is 6. The molecule has 0 unspecified atom stereocenters. The second-order valence-electron chi connectivity index (χ2n) is 7.03. The van der Waals surface area contributed by atoms with Crippen molar-refractivity contribution in [3.05, 3.63) is 114 Å². The van der Waals surface area contributed by atoms with Crippen LogP contribution in [0.2, 0.25) is 0 Å². The monoisotopic (exact) mass is 404 g/mol. The lowest BCUT2D eigenvalue weighted by atomic mass is 10.1. The minimum Gasteiger partial charge on any atom is -0.489 e. The second kappa shape index (κ2) is 9.43. The summed E-state index contributed by atoms with van der Waals surface area (Å²) in [4.78, 5) is 12.6. The van der Waals surface area contributed by atoms with Crippen LogP contribution in [-0.4, -0.2) is 5.91 Å². The molecule has 4 rings (SSSR count). The van der Waals surface area contributed by atoms with Gasteiger partial charge in [0.1, 0.15) is 24.0 Å². The Morgan fingerprint density at radius 2 is 1.65 bits per heavy atom. The number of hydrogen-bond donors (Lipinski definition) is 1. The van der Waals surface area contributed by atoms with Crippen LogP contribution in [0.5, 0.6) is 5.75 Å². The van der Waals surface area contributed by atoms with Crippen LogP contribution in [0.25, 0.3) is 16.8 Å². The first-order chi connectivity index (χ1) is 15.2. The molecule has 0 saturated carbocycles. The van der Waals surface area contributed by atoms with Gasteiger partial charge in [-0.3, -0.25) is 4.79 Å². The van der Waals surface area contributed by atoms with Crippen molar-refractivity contribution in [1.29, 1.82) is 5.26 Å². The summed E-state index contributed by atoms with van der Waals surface area (Å²) in [5.41, 5.74) is 2.45. The highest BCUT2D eigenvalue weighted by molar-refractivity contribution is 6.10. The zero-order chi connectivity index (χ0) is 21.5. The lowest BCUT2D eigenvalue weighted by molar-refractivity contribution is -0.112. The molecule has 0 aromatic heterocycles. The molecule has 0 bridgehead atoms. The van der Waals surface area contributed by atoms with Crippen LogP contribution in [-0.2, 0) is 11.4 Å². The summed E-state index contributed by atoms with van der Waals surface area (Å²) in [5.74, 6) is 0.221. The maximum atomic E-state index is 12.6. The molecule has 1 amide bonds. The Labute approximate surface area is 181 Å². The average Bonchev–Trinajstić information content (AvgIpc) is 2.82. The van der Waals surface area contributed by atoms with Crippen molar-refractivity contribution in [3.63, 3.8) is 0 Å². The van der Waals surface area contributed by atoms with Crippen molar-refractivity contribution < 1.29 is 9.53 Å². The molecule has 4 nitrogen and oxygen atoms in total. The predicted molar refractivity (Wildman–Crippen MR) is 123 cm³/mol. The second-order valence-corrected chi connectivity index (χ2v) is 7.03. The lowest BCUT2D eigenvalue weighted by Gasteiger charge is -2.08. The Kier molecular flexibility index (Phi) is 6.06. The molecular weight excluding hydrogens is 384 g/mol. The Morgan fingerprint density at radius 1 is 0.871 bits per heavy atom. The van der Waals surface area contributed by atoms with Gasteiger partial charge in [0, 0.05) is 5.69 Å². The molecular formula is C27H20N2O2. The number of nitrogens with one attached hydrogen (secondary N) is 1. The molecule has 0 saturated heterocycles. The highest BCUT2D eigenvalue weighted by Crippen LogP contribution is 2.21. The number of ether oxygens (including phenoxy) is 1. The topological polar surface area (TPSA) is 62.1 Å². The summed E-state index contributed by atoms with van der Waals surface area (Å²) in [7, 11) is 0. The van der Waals surface area contributed by atoms with E-state index < -0.39 is 5.91 Å². The van der Waals surface area contributed by atoms with Crippen LogP contribution in [0, 0.1) is 11.3 Å². The molecule has 150 valence electrons. The van der Waals surface area contributed by atoms with Gasteiger partial charge in [-0.15, -0.1) is 0 Å². The number of nitrogens with zero attached hydrogens (tertiary/aromatic N) is 1. The van der Waals surface area contributed by atoms with Gasteiger partial charge in [0.2, 0.25) is 0 Å². The smallest absolute Gasteiger partial charge is 0.266 e. The zero-order valence-corrected chi connectivity index (χ0v) is 16.8. The summed E-state index contributed by atoms with van der Waals surface area (Å²) < 4.78 is 5.83. The van der Waals surface area contributed by atoms with E-state index in [-0.39, 0.29) is 5.57 Å². The first-order valence-corrected chi connectivity index (χ1v) is 9.90. The van der Waals surface area contributed by atoms with Crippen LogP contribution >= 0.6 is 0 Å². The molecule has 0 heterocycles. The molecule has 0 fully saturated rings. The van der Waals surface area contributed by atoms with Gasteiger partial charge in [-0.2, -0.15) is 5.26 Å². The van der Waals surface area contributed by atoms with Gasteiger partial charge in [0.05, 0.1) is 0 Å².